The first-order chi connectivity index (χ1) is 8.65. The third-order valence-electron chi connectivity index (χ3n) is 3.02. The van der Waals surface area contributed by atoms with Crippen LogP contribution in [-0.2, 0) is 7.05 Å². The molecule has 18 heavy (non-hydrogen) atoms. The van der Waals surface area contributed by atoms with Crippen molar-refractivity contribution in [1.29, 1.82) is 5.26 Å². The van der Waals surface area contributed by atoms with Crippen molar-refractivity contribution in [3.8, 4) is 6.07 Å². The van der Waals surface area contributed by atoms with Gasteiger partial charge in [-0.25, -0.2) is 4.79 Å². The molecule has 1 heterocycles. The minimum absolute atomic E-state index is 0.00568. The Balaban J connectivity index is 2.23. The number of benzene rings is 1. The van der Waals surface area contributed by atoms with E-state index in [0.717, 1.165) is 17.6 Å². The van der Waals surface area contributed by atoms with Crippen molar-refractivity contribution < 1.29 is 4.42 Å². The van der Waals surface area contributed by atoms with Crippen LogP contribution in [0.4, 0.5) is 5.69 Å². The number of nitrogens with zero attached hydrogens (tertiary/aromatic N) is 2. The molecule has 5 heteroatoms. The van der Waals surface area contributed by atoms with Crippen molar-refractivity contribution in [3.63, 3.8) is 0 Å². The lowest BCUT2D eigenvalue weighted by molar-refractivity contribution is 0.528. The highest BCUT2D eigenvalue weighted by atomic mass is 16.4. The fourth-order valence-corrected chi connectivity index (χ4v) is 1.76. The van der Waals surface area contributed by atoms with E-state index >= 15 is 0 Å². The number of anilines is 1. The van der Waals surface area contributed by atoms with Gasteiger partial charge in [-0.2, -0.15) is 5.26 Å². The Morgan fingerprint density at radius 2 is 2.33 bits per heavy atom. The van der Waals surface area contributed by atoms with Gasteiger partial charge in [0.15, 0.2) is 5.58 Å². The first kappa shape index (κ1) is 12.2. The molecule has 1 aromatic heterocycles. The van der Waals surface area contributed by atoms with Crippen molar-refractivity contribution in [2.45, 2.75) is 13.3 Å². The third kappa shape index (κ3) is 2.23. The second kappa shape index (κ2) is 4.96. The van der Waals surface area contributed by atoms with Gasteiger partial charge in [-0.05, 0) is 24.6 Å². The van der Waals surface area contributed by atoms with E-state index < -0.39 is 0 Å². The van der Waals surface area contributed by atoms with E-state index in [4.69, 9.17) is 9.68 Å². The van der Waals surface area contributed by atoms with Crippen LogP contribution in [0.1, 0.15) is 13.3 Å². The summed E-state index contributed by atoms with van der Waals surface area (Å²) in [5.74, 6) is -0.375. The molecule has 0 aliphatic heterocycles. The van der Waals surface area contributed by atoms with E-state index in [-0.39, 0.29) is 11.7 Å². The summed E-state index contributed by atoms with van der Waals surface area (Å²) in [5.41, 5.74) is 2.20. The van der Waals surface area contributed by atoms with Gasteiger partial charge in [0.1, 0.15) is 0 Å². The molecule has 0 radical (unpaired) electrons. The number of nitriles is 1. The van der Waals surface area contributed by atoms with Gasteiger partial charge in [-0.1, -0.05) is 6.92 Å². The molecule has 1 atom stereocenters. The molecule has 1 N–H and O–H groups in total. The second-order valence-corrected chi connectivity index (χ2v) is 4.22. The Morgan fingerprint density at radius 3 is 3.00 bits per heavy atom. The minimum Gasteiger partial charge on any atom is -0.408 e. The molecule has 2 aromatic rings. The highest BCUT2D eigenvalue weighted by molar-refractivity contribution is 5.77. The molecule has 0 fully saturated rings. The van der Waals surface area contributed by atoms with Gasteiger partial charge in [0.05, 0.1) is 17.5 Å². The summed E-state index contributed by atoms with van der Waals surface area (Å²) in [6, 6.07) is 7.69. The predicted molar refractivity (Wildman–Crippen MR) is 69.3 cm³/mol. The van der Waals surface area contributed by atoms with Crippen molar-refractivity contribution >= 4 is 16.8 Å². The summed E-state index contributed by atoms with van der Waals surface area (Å²) in [4.78, 5) is 11.3. The van der Waals surface area contributed by atoms with Crippen molar-refractivity contribution in [2.24, 2.45) is 13.0 Å². The van der Waals surface area contributed by atoms with Crippen molar-refractivity contribution in [1.82, 2.24) is 4.57 Å². The van der Waals surface area contributed by atoms with E-state index in [1.165, 1.54) is 4.57 Å². The number of hydrogen-bond acceptors (Lipinski definition) is 4. The Morgan fingerprint density at radius 1 is 1.56 bits per heavy atom. The lowest BCUT2D eigenvalue weighted by Crippen LogP contribution is -2.12. The van der Waals surface area contributed by atoms with Gasteiger partial charge < -0.3 is 9.73 Å². The van der Waals surface area contributed by atoms with Crippen LogP contribution in [0.25, 0.3) is 11.1 Å². The Bertz CT molecular complexity index is 648. The maximum atomic E-state index is 11.3. The number of aryl methyl sites for hydroxylation is 1. The molecule has 0 amide bonds. The molecule has 0 aliphatic carbocycles. The van der Waals surface area contributed by atoms with E-state index in [0.29, 0.717) is 12.1 Å². The average Bonchev–Trinajstić information content (AvgIpc) is 2.67. The van der Waals surface area contributed by atoms with Gasteiger partial charge >= 0.3 is 5.76 Å². The molecule has 0 saturated heterocycles. The maximum Gasteiger partial charge on any atom is 0.419 e. The first-order valence-corrected chi connectivity index (χ1v) is 5.88. The summed E-state index contributed by atoms with van der Waals surface area (Å²) >= 11 is 0. The van der Waals surface area contributed by atoms with Crippen LogP contribution in [0.3, 0.4) is 0 Å². The van der Waals surface area contributed by atoms with Gasteiger partial charge in [-0.15, -0.1) is 0 Å². The largest absolute Gasteiger partial charge is 0.419 e. The molecule has 1 aromatic carbocycles. The van der Waals surface area contributed by atoms with E-state index in [1.54, 1.807) is 13.1 Å². The fourth-order valence-electron chi connectivity index (χ4n) is 1.76. The lowest BCUT2D eigenvalue weighted by Gasteiger charge is -2.09. The van der Waals surface area contributed by atoms with E-state index in [9.17, 15) is 4.79 Å². The zero-order chi connectivity index (χ0) is 13.1. The number of hydrogen-bond donors (Lipinski definition) is 1. The van der Waals surface area contributed by atoms with Crippen LogP contribution in [0.2, 0.25) is 0 Å². The summed E-state index contributed by atoms with van der Waals surface area (Å²) in [7, 11) is 1.67. The number of rotatable bonds is 4. The predicted octanol–water partition coefficient (Wildman–Crippen LogP) is 2.09. The summed E-state index contributed by atoms with van der Waals surface area (Å²) in [6.45, 7) is 2.59. The zero-order valence-corrected chi connectivity index (χ0v) is 10.4. The minimum atomic E-state index is -0.370. The quantitative estimate of drug-likeness (QED) is 0.895. The molecule has 0 aliphatic rings. The molecule has 0 saturated carbocycles. The molecule has 1 unspecified atom stereocenters. The average molecular weight is 245 g/mol. The van der Waals surface area contributed by atoms with Gasteiger partial charge in [-0.3, -0.25) is 4.57 Å². The molecule has 94 valence electrons. The summed E-state index contributed by atoms with van der Waals surface area (Å²) in [6.07, 6.45) is 0.815. The summed E-state index contributed by atoms with van der Waals surface area (Å²) in [5, 5.41) is 12.1. The lowest BCUT2D eigenvalue weighted by atomic mass is 10.1. The molecule has 0 bridgehead atoms. The van der Waals surface area contributed by atoms with Crippen LogP contribution >= 0.6 is 0 Å². The molecular weight excluding hydrogens is 230 g/mol. The standard InChI is InChI=1S/C13H15N3O2/c1-3-9(7-14)8-15-10-4-5-12-11(6-10)16(2)13(17)18-12/h4-6,9,15H,3,8H2,1-2H3. The van der Waals surface area contributed by atoms with Crippen LogP contribution in [-0.4, -0.2) is 11.1 Å². The topological polar surface area (TPSA) is 71.0 Å². The van der Waals surface area contributed by atoms with Gasteiger partial charge in [0.25, 0.3) is 0 Å². The SMILES string of the molecule is CCC(C#N)CNc1ccc2oc(=O)n(C)c2c1. The molecular formula is C13H15N3O2. The van der Waals surface area contributed by atoms with Crippen LogP contribution in [0, 0.1) is 17.2 Å². The zero-order valence-electron chi connectivity index (χ0n) is 10.4. The first-order valence-electron chi connectivity index (χ1n) is 5.88. The van der Waals surface area contributed by atoms with Crippen LogP contribution in [0.5, 0.6) is 0 Å². The molecule has 5 nitrogen and oxygen atoms in total. The molecule has 2 rings (SSSR count). The second-order valence-electron chi connectivity index (χ2n) is 4.22. The van der Waals surface area contributed by atoms with Crippen molar-refractivity contribution in [3.05, 3.63) is 28.7 Å². The highest BCUT2D eigenvalue weighted by Crippen LogP contribution is 2.18. The number of aromatic nitrogens is 1. The third-order valence-corrected chi connectivity index (χ3v) is 3.02. The van der Waals surface area contributed by atoms with E-state index in [2.05, 4.69) is 11.4 Å². The normalized spacial score (nSPS) is 12.3. The maximum absolute atomic E-state index is 11.3. The Hall–Kier alpha value is -2.22. The summed E-state index contributed by atoms with van der Waals surface area (Å²) < 4.78 is 6.51. The van der Waals surface area contributed by atoms with Crippen molar-refractivity contribution in [2.75, 3.05) is 11.9 Å². The van der Waals surface area contributed by atoms with Crippen LogP contribution < -0.4 is 11.1 Å². The fraction of sp³-hybridized carbons (Fsp3) is 0.385. The smallest absolute Gasteiger partial charge is 0.408 e. The van der Waals surface area contributed by atoms with E-state index in [1.807, 2.05) is 19.1 Å². The van der Waals surface area contributed by atoms with Gasteiger partial charge in [0.2, 0.25) is 0 Å². The monoisotopic (exact) mass is 245 g/mol. The number of fused-ring (bicyclic) bond motifs is 1. The number of nitrogens with one attached hydrogen (secondary N) is 1. The highest BCUT2D eigenvalue weighted by Gasteiger charge is 2.08. The van der Waals surface area contributed by atoms with Gasteiger partial charge in [0, 0.05) is 19.3 Å². The number of oxazole rings is 1. The Labute approximate surface area is 105 Å². The van der Waals surface area contributed by atoms with Crippen LogP contribution in [0.15, 0.2) is 27.4 Å². The molecule has 0 spiro atoms. The Kier molecular flexibility index (Phi) is 3.38.